The van der Waals surface area contributed by atoms with Crippen molar-refractivity contribution in [3.05, 3.63) is 116 Å². The molecule has 0 amide bonds. The van der Waals surface area contributed by atoms with Gasteiger partial charge in [0.1, 0.15) is 5.76 Å². The fraction of sp³-hybridized carbons (Fsp3) is 0.185. The summed E-state index contributed by atoms with van der Waals surface area (Å²) >= 11 is 0. The molecule has 0 unspecified atom stereocenters. The molecule has 6 rings (SSSR count). The summed E-state index contributed by atoms with van der Waals surface area (Å²) in [6.07, 6.45) is 3.47. The number of furan rings is 1. The lowest BCUT2D eigenvalue weighted by Gasteiger charge is -2.40. The van der Waals surface area contributed by atoms with E-state index in [1.807, 2.05) is 36.4 Å². The van der Waals surface area contributed by atoms with Crippen LogP contribution in [0.3, 0.4) is 0 Å². The fourth-order valence-corrected chi connectivity index (χ4v) is 5.43. The number of rotatable bonds is 4. The molecule has 3 aliphatic rings. The molecule has 0 N–H and O–H groups in total. The van der Waals surface area contributed by atoms with E-state index in [0.29, 0.717) is 41.7 Å². The summed E-state index contributed by atoms with van der Waals surface area (Å²) in [5.74, 6) is 0.0846. The molecule has 3 aromatic rings. The van der Waals surface area contributed by atoms with Crippen molar-refractivity contribution in [2.45, 2.75) is 31.7 Å². The summed E-state index contributed by atoms with van der Waals surface area (Å²) in [5.41, 5.74) is 5.00. The number of hydrogen-bond acceptors (Lipinski definition) is 6. The van der Waals surface area contributed by atoms with E-state index < -0.39 is 10.8 Å². The number of ketones is 2. The molecule has 2 aromatic carbocycles. The van der Waals surface area contributed by atoms with Gasteiger partial charge in [-0.25, -0.2) is 0 Å². The second-order valence-corrected chi connectivity index (χ2v) is 8.72. The highest BCUT2D eigenvalue weighted by Crippen LogP contribution is 2.53. The molecule has 7 nitrogen and oxygen atoms in total. The Balaban J connectivity index is 1.60. The van der Waals surface area contributed by atoms with Crippen LogP contribution in [0.5, 0.6) is 0 Å². The number of nitro groups is 1. The Labute approximate surface area is 195 Å². The number of nitrogens with zero attached hydrogens (tertiary/aromatic N) is 2. The van der Waals surface area contributed by atoms with Crippen LogP contribution in [-0.4, -0.2) is 21.4 Å². The first-order valence-electron chi connectivity index (χ1n) is 11.2. The van der Waals surface area contributed by atoms with Gasteiger partial charge in [-0.3, -0.25) is 19.7 Å². The minimum absolute atomic E-state index is 0.0179. The maximum absolute atomic E-state index is 13.8. The van der Waals surface area contributed by atoms with E-state index in [0.717, 1.165) is 29.1 Å². The number of non-ortho nitro benzene ring substituents is 1. The number of nitro benzene ring substituents is 1. The van der Waals surface area contributed by atoms with E-state index >= 15 is 0 Å². The zero-order valence-electron chi connectivity index (χ0n) is 18.2. The van der Waals surface area contributed by atoms with Crippen LogP contribution in [0.4, 0.5) is 5.69 Å². The van der Waals surface area contributed by atoms with Crippen LogP contribution in [0.1, 0.15) is 52.4 Å². The molecule has 1 atom stereocenters. The summed E-state index contributed by atoms with van der Waals surface area (Å²) in [4.78, 5) is 40.0. The molecule has 0 radical (unpaired) electrons. The predicted octanol–water partition coefficient (Wildman–Crippen LogP) is 5.40. The minimum Gasteiger partial charge on any atom is -0.467 e. The fourth-order valence-electron chi connectivity index (χ4n) is 5.43. The van der Waals surface area contributed by atoms with Gasteiger partial charge in [0.25, 0.3) is 5.69 Å². The molecule has 1 aromatic heterocycles. The van der Waals surface area contributed by atoms with Crippen molar-refractivity contribution in [3.63, 3.8) is 0 Å². The highest BCUT2D eigenvalue weighted by atomic mass is 16.6. The zero-order valence-corrected chi connectivity index (χ0v) is 18.2. The molecular formula is C27H20N2O5. The SMILES string of the molecule is O=C1CCCC2=C1[C@@H](c1ccc([N+](=O)[O-])cc1)C1=C(c3ccccc3C1=O)N2Cc1ccco1. The number of carbonyl (C=O) groups is 2. The van der Waals surface area contributed by atoms with Crippen molar-refractivity contribution < 1.29 is 18.9 Å². The summed E-state index contributed by atoms with van der Waals surface area (Å²) in [6.45, 7) is 0.409. The summed E-state index contributed by atoms with van der Waals surface area (Å²) in [7, 11) is 0. The second kappa shape index (κ2) is 7.66. The van der Waals surface area contributed by atoms with Crippen LogP contribution in [0, 0.1) is 10.1 Å². The number of fused-ring (bicyclic) bond motifs is 2. The van der Waals surface area contributed by atoms with Crippen molar-refractivity contribution in [3.8, 4) is 0 Å². The third kappa shape index (κ3) is 2.97. The molecule has 1 aliphatic heterocycles. The van der Waals surface area contributed by atoms with Crippen LogP contribution >= 0.6 is 0 Å². The predicted molar refractivity (Wildman–Crippen MR) is 124 cm³/mol. The number of Topliss-reactive ketones (excluding diaryl/α,β-unsaturated/α-hetero) is 2. The second-order valence-electron chi connectivity index (χ2n) is 8.72. The average molecular weight is 452 g/mol. The third-order valence-electron chi connectivity index (χ3n) is 6.86. The van der Waals surface area contributed by atoms with E-state index in [2.05, 4.69) is 4.90 Å². The highest BCUT2D eigenvalue weighted by Gasteiger charge is 2.46. The number of allylic oxidation sites excluding steroid dienone is 3. The molecule has 0 fully saturated rings. The lowest BCUT2D eigenvalue weighted by Crippen LogP contribution is -2.34. The van der Waals surface area contributed by atoms with Crippen LogP contribution in [-0.2, 0) is 11.3 Å². The van der Waals surface area contributed by atoms with Crippen LogP contribution in [0.2, 0.25) is 0 Å². The minimum atomic E-state index is -0.564. The normalized spacial score (nSPS) is 19.3. The van der Waals surface area contributed by atoms with Gasteiger partial charge in [0, 0.05) is 52.4 Å². The van der Waals surface area contributed by atoms with E-state index in [1.54, 1.807) is 18.4 Å². The van der Waals surface area contributed by atoms with Crippen LogP contribution < -0.4 is 0 Å². The maximum Gasteiger partial charge on any atom is 0.269 e. The van der Waals surface area contributed by atoms with Gasteiger partial charge in [-0.15, -0.1) is 0 Å². The molecule has 0 spiro atoms. The molecule has 2 aliphatic carbocycles. The Bertz CT molecular complexity index is 1410. The molecule has 7 heteroatoms. The van der Waals surface area contributed by atoms with Gasteiger partial charge in [-0.2, -0.15) is 0 Å². The Morgan fingerprint density at radius 1 is 0.941 bits per heavy atom. The maximum atomic E-state index is 13.8. The molecule has 0 bridgehead atoms. The van der Waals surface area contributed by atoms with E-state index in [9.17, 15) is 19.7 Å². The topological polar surface area (TPSA) is 93.7 Å². The quantitative estimate of drug-likeness (QED) is 0.389. The summed E-state index contributed by atoms with van der Waals surface area (Å²) in [5, 5.41) is 11.2. The highest BCUT2D eigenvalue weighted by molar-refractivity contribution is 6.23. The monoisotopic (exact) mass is 452 g/mol. The first kappa shape index (κ1) is 20.4. The van der Waals surface area contributed by atoms with Gasteiger partial charge in [0.2, 0.25) is 0 Å². The van der Waals surface area contributed by atoms with Gasteiger partial charge in [0.15, 0.2) is 11.6 Å². The smallest absolute Gasteiger partial charge is 0.269 e. The summed E-state index contributed by atoms with van der Waals surface area (Å²) < 4.78 is 5.63. The van der Waals surface area contributed by atoms with Crippen LogP contribution in [0.15, 0.2) is 88.2 Å². The molecular weight excluding hydrogens is 432 g/mol. The first-order valence-corrected chi connectivity index (χ1v) is 11.2. The van der Waals surface area contributed by atoms with Crippen LogP contribution in [0.25, 0.3) is 5.70 Å². The van der Waals surface area contributed by atoms with E-state index in [4.69, 9.17) is 4.42 Å². The van der Waals surface area contributed by atoms with Gasteiger partial charge in [0.05, 0.1) is 23.4 Å². The zero-order chi connectivity index (χ0) is 23.4. The van der Waals surface area contributed by atoms with Crippen molar-refractivity contribution >= 4 is 23.0 Å². The standard InChI is InChI=1S/C27H20N2O5/c30-22-9-3-8-21-24(22)23(16-10-12-17(13-11-16)29(32)33)25-26(28(21)15-18-5-4-14-34-18)19-6-1-2-7-20(19)27(25)31/h1-2,4-7,10-14,23H,3,8-9,15H2/t23-/m1/s1. The molecule has 2 heterocycles. The Hall–Kier alpha value is -4.26. The van der Waals surface area contributed by atoms with Gasteiger partial charge < -0.3 is 9.32 Å². The Kier molecular flexibility index (Phi) is 4.58. The average Bonchev–Trinajstić information content (AvgIpc) is 3.46. The van der Waals surface area contributed by atoms with Crippen molar-refractivity contribution in [1.29, 1.82) is 0 Å². The number of benzene rings is 2. The van der Waals surface area contributed by atoms with Crippen molar-refractivity contribution in [2.24, 2.45) is 0 Å². The third-order valence-corrected chi connectivity index (χ3v) is 6.86. The summed E-state index contributed by atoms with van der Waals surface area (Å²) in [6, 6.07) is 17.4. The van der Waals surface area contributed by atoms with Crippen molar-refractivity contribution in [2.75, 3.05) is 0 Å². The first-order chi connectivity index (χ1) is 16.5. The molecule has 168 valence electrons. The number of hydrogen-bond donors (Lipinski definition) is 0. The van der Waals surface area contributed by atoms with E-state index in [1.165, 1.54) is 12.1 Å². The number of carbonyl (C=O) groups excluding carboxylic acids is 2. The van der Waals surface area contributed by atoms with Gasteiger partial charge in [-0.1, -0.05) is 36.4 Å². The lowest BCUT2D eigenvalue weighted by molar-refractivity contribution is -0.384. The molecule has 34 heavy (non-hydrogen) atoms. The molecule has 0 saturated heterocycles. The Morgan fingerprint density at radius 3 is 2.41 bits per heavy atom. The Morgan fingerprint density at radius 2 is 1.71 bits per heavy atom. The largest absolute Gasteiger partial charge is 0.467 e. The van der Waals surface area contributed by atoms with Crippen molar-refractivity contribution in [1.82, 2.24) is 4.90 Å². The van der Waals surface area contributed by atoms with Gasteiger partial charge in [-0.05, 0) is 30.5 Å². The lowest BCUT2D eigenvalue weighted by atomic mass is 9.74. The van der Waals surface area contributed by atoms with Gasteiger partial charge >= 0.3 is 0 Å². The molecule has 0 saturated carbocycles. The van der Waals surface area contributed by atoms with E-state index in [-0.39, 0.29) is 17.3 Å².